The number of anilines is 1. The second-order valence-corrected chi connectivity index (χ2v) is 9.79. The van der Waals surface area contributed by atoms with Crippen molar-refractivity contribution in [3.05, 3.63) is 22.7 Å². The van der Waals surface area contributed by atoms with Gasteiger partial charge in [-0.25, -0.2) is 18.4 Å². The van der Waals surface area contributed by atoms with Crippen LogP contribution in [0.2, 0.25) is 0 Å². The summed E-state index contributed by atoms with van der Waals surface area (Å²) >= 11 is 3.32. The number of carbonyl (C=O) groups excluding carboxylic acids is 1. The maximum atomic E-state index is 11.9. The number of ether oxygens (including phenoxy) is 1. The monoisotopic (exact) mass is 435 g/mol. The normalized spacial score (nSPS) is 12.6. The average Bonchev–Trinajstić information content (AvgIpc) is 2.36. The molecule has 4 N–H and O–H groups in total. The topological polar surface area (TPSA) is 111 Å². The smallest absolute Gasteiger partial charge is 0.408 e. The molecule has 0 aliphatic rings. The number of alkyl carbamates (subject to hydrolysis) is 1. The highest BCUT2D eigenvalue weighted by Gasteiger charge is 2.24. The number of amides is 1. The number of hydrogen-bond acceptors (Lipinski definition) is 5. The molecule has 0 saturated heterocycles. The van der Waals surface area contributed by atoms with Gasteiger partial charge in [0.25, 0.3) is 0 Å². The van der Waals surface area contributed by atoms with E-state index in [9.17, 15) is 13.2 Å². The molecule has 0 aliphatic carbocycles. The molecule has 0 atom stereocenters. The number of primary sulfonamides is 1. The third-order valence-electron chi connectivity index (χ3n) is 3.17. The van der Waals surface area contributed by atoms with Crippen molar-refractivity contribution in [3.63, 3.8) is 0 Å². The Labute approximate surface area is 157 Å². The van der Waals surface area contributed by atoms with Crippen LogP contribution in [0.5, 0.6) is 0 Å². The largest absolute Gasteiger partial charge is 0.444 e. The molecular formula is C16H26BrN3O4S. The molecule has 25 heavy (non-hydrogen) atoms. The van der Waals surface area contributed by atoms with Crippen LogP contribution in [0.1, 0.15) is 41.0 Å². The summed E-state index contributed by atoms with van der Waals surface area (Å²) in [6, 6.07) is 4.52. The number of rotatable bonds is 6. The standard InChI is InChI=1S/C16H26BrN3O4S/c1-15(2,3)24-14(21)20-16(4,5)8-9-19-13-7-6-11(10-12(13)17)25(18,22)23/h6-7,10,19H,8-9H2,1-5H3,(H,20,21)(H2,18,22,23). The predicted octanol–water partition coefficient (Wildman–Crippen LogP) is 3.20. The van der Waals surface area contributed by atoms with Gasteiger partial charge >= 0.3 is 6.09 Å². The number of nitrogens with one attached hydrogen (secondary N) is 2. The van der Waals surface area contributed by atoms with E-state index in [4.69, 9.17) is 9.88 Å². The Morgan fingerprint density at radius 3 is 2.32 bits per heavy atom. The average molecular weight is 436 g/mol. The van der Waals surface area contributed by atoms with Crippen LogP contribution in [0.25, 0.3) is 0 Å². The van der Waals surface area contributed by atoms with Crippen molar-refractivity contribution >= 4 is 37.7 Å². The lowest BCUT2D eigenvalue weighted by Crippen LogP contribution is -2.46. The van der Waals surface area contributed by atoms with E-state index in [1.807, 2.05) is 34.6 Å². The molecule has 9 heteroatoms. The fraction of sp³-hybridized carbons (Fsp3) is 0.562. The lowest BCUT2D eigenvalue weighted by molar-refractivity contribution is 0.0470. The van der Waals surface area contributed by atoms with Crippen molar-refractivity contribution < 1.29 is 17.9 Å². The molecule has 142 valence electrons. The number of carbonyl (C=O) groups is 1. The lowest BCUT2D eigenvalue weighted by atomic mass is 10.0. The molecule has 0 spiro atoms. The van der Waals surface area contributed by atoms with E-state index >= 15 is 0 Å². The van der Waals surface area contributed by atoms with Crippen LogP contribution >= 0.6 is 15.9 Å². The maximum Gasteiger partial charge on any atom is 0.408 e. The van der Waals surface area contributed by atoms with Gasteiger partial charge in [-0.3, -0.25) is 0 Å². The summed E-state index contributed by atoms with van der Waals surface area (Å²) in [4.78, 5) is 11.9. The highest BCUT2D eigenvalue weighted by atomic mass is 79.9. The fourth-order valence-corrected chi connectivity index (χ4v) is 3.18. The summed E-state index contributed by atoms with van der Waals surface area (Å²) in [6.45, 7) is 9.79. The molecule has 0 aromatic heterocycles. The minimum absolute atomic E-state index is 0.0387. The first kappa shape index (κ1) is 21.7. The summed E-state index contributed by atoms with van der Waals surface area (Å²) in [6.07, 6.45) is 0.173. The van der Waals surface area contributed by atoms with Crippen LogP contribution in [0.3, 0.4) is 0 Å². The highest BCUT2D eigenvalue weighted by molar-refractivity contribution is 9.10. The first-order valence-corrected chi connectivity index (χ1v) is 10.1. The summed E-state index contributed by atoms with van der Waals surface area (Å²) < 4.78 is 28.5. The van der Waals surface area contributed by atoms with Crippen LogP contribution < -0.4 is 15.8 Å². The van der Waals surface area contributed by atoms with Crippen molar-refractivity contribution in [1.29, 1.82) is 0 Å². The number of benzene rings is 1. The first-order chi connectivity index (χ1) is 11.2. The second-order valence-electron chi connectivity index (χ2n) is 7.37. The Bertz CT molecular complexity index is 727. The molecule has 0 radical (unpaired) electrons. The van der Waals surface area contributed by atoms with E-state index in [2.05, 4.69) is 26.6 Å². The van der Waals surface area contributed by atoms with Crippen molar-refractivity contribution in [2.75, 3.05) is 11.9 Å². The third kappa shape index (κ3) is 8.06. The van der Waals surface area contributed by atoms with E-state index in [1.165, 1.54) is 12.1 Å². The van der Waals surface area contributed by atoms with Crippen molar-refractivity contribution in [1.82, 2.24) is 5.32 Å². The SMILES string of the molecule is CC(C)(CCNc1ccc(S(N)(=O)=O)cc1Br)NC(=O)OC(C)(C)C. The number of nitrogens with two attached hydrogens (primary N) is 1. The van der Waals surface area contributed by atoms with Gasteiger partial charge in [-0.1, -0.05) is 0 Å². The van der Waals surface area contributed by atoms with Crippen LogP contribution in [-0.4, -0.2) is 32.2 Å². The van der Waals surface area contributed by atoms with E-state index in [1.54, 1.807) is 6.07 Å². The van der Waals surface area contributed by atoms with Gasteiger partial charge in [-0.2, -0.15) is 0 Å². The van der Waals surface area contributed by atoms with Gasteiger partial charge in [-0.15, -0.1) is 0 Å². The molecule has 7 nitrogen and oxygen atoms in total. The molecular weight excluding hydrogens is 410 g/mol. The molecule has 0 aliphatic heterocycles. The Hall–Kier alpha value is -1.32. The van der Waals surface area contributed by atoms with E-state index in [0.717, 1.165) is 5.69 Å². The van der Waals surface area contributed by atoms with E-state index in [-0.39, 0.29) is 4.90 Å². The van der Waals surface area contributed by atoms with Gasteiger partial charge < -0.3 is 15.4 Å². The molecule has 0 bridgehead atoms. The lowest BCUT2D eigenvalue weighted by Gasteiger charge is -2.29. The Morgan fingerprint density at radius 2 is 1.84 bits per heavy atom. The summed E-state index contributed by atoms with van der Waals surface area (Å²) in [5.41, 5.74) is -0.281. The third-order valence-corrected chi connectivity index (χ3v) is 4.74. The molecule has 0 fully saturated rings. The van der Waals surface area contributed by atoms with Crippen molar-refractivity contribution in [2.45, 2.75) is 57.1 Å². The van der Waals surface area contributed by atoms with Crippen molar-refractivity contribution in [3.8, 4) is 0 Å². The Balaban J connectivity index is 2.60. The zero-order valence-electron chi connectivity index (χ0n) is 15.1. The minimum atomic E-state index is -3.73. The molecule has 1 amide bonds. The first-order valence-electron chi connectivity index (χ1n) is 7.77. The molecule has 1 rings (SSSR count). The summed E-state index contributed by atoms with van der Waals surface area (Å²) in [7, 11) is -3.73. The van der Waals surface area contributed by atoms with Crippen LogP contribution in [0.15, 0.2) is 27.6 Å². The molecule has 1 aromatic rings. The molecule has 0 heterocycles. The summed E-state index contributed by atoms with van der Waals surface area (Å²) in [5, 5.41) is 11.1. The van der Waals surface area contributed by atoms with Crippen molar-refractivity contribution in [2.24, 2.45) is 5.14 Å². The Kier molecular flexibility index (Phi) is 6.88. The van der Waals surface area contributed by atoms with Crippen LogP contribution in [-0.2, 0) is 14.8 Å². The number of hydrogen-bond donors (Lipinski definition) is 3. The Morgan fingerprint density at radius 1 is 1.24 bits per heavy atom. The van der Waals surface area contributed by atoms with Gasteiger partial charge in [0, 0.05) is 22.2 Å². The predicted molar refractivity (Wildman–Crippen MR) is 102 cm³/mol. The van der Waals surface area contributed by atoms with Gasteiger partial charge in [0.2, 0.25) is 10.0 Å². The summed E-state index contributed by atoms with van der Waals surface area (Å²) in [5.74, 6) is 0. The highest BCUT2D eigenvalue weighted by Crippen LogP contribution is 2.25. The van der Waals surface area contributed by atoms with Crippen LogP contribution in [0, 0.1) is 0 Å². The fourth-order valence-electron chi connectivity index (χ4n) is 1.97. The molecule has 0 unspecified atom stereocenters. The minimum Gasteiger partial charge on any atom is -0.444 e. The maximum absolute atomic E-state index is 11.9. The quantitative estimate of drug-likeness (QED) is 0.634. The van der Waals surface area contributed by atoms with Gasteiger partial charge in [0.05, 0.1) is 4.90 Å². The molecule has 1 aromatic carbocycles. The van der Waals surface area contributed by atoms with E-state index in [0.29, 0.717) is 17.4 Å². The number of halogens is 1. The van der Waals surface area contributed by atoms with Gasteiger partial charge in [0.1, 0.15) is 5.60 Å². The number of sulfonamides is 1. The zero-order valence-corrected chi connectivity index (χ0v) is 17.5. The molecule has 0 saturated carbocycles. The van der Waals surface area contributed by atoms with E-state index < -0.39 is 27.3 Å². The second kappa shape index (κ2) is 7.92. The van der Waals surface area contributed by atoms with Gasteiger partial charge in [-0.05, 0) is 75.2 Å². The zero-order chi connectivity index (χ0) is 19.5. The van der Waals surface area contributed by atoms with Crippen LogP contribution in [0.4, 0.5) is 10.5 Å². The van der Waals surface area contributed by atoms with Gasteiger partial charge in [0.15, 0.2) is 0 Å².